The Bertz CT molecular complexity index is 1230. The van der Waals surface area contributed by atoms with Gasteiger partial charge in [0.2, 0.25) is 0 Å². The first kappa shape index (κ1) is 16.9. The second-order valence-electron chi connectivity index (χ2n) is 8.40. The van der Waals surface area contributed by atoms with E-state index in [4.69, 9.17) is 10.2 Å². The molecule has 2 aliphatic rings. The quantitative estimate of drug-likeness (QED) is 0.523. The Morgan fingerprint density at radius 1 is 1.07 bits per heavy atom. The molecule has 2 saturated carbocycles. The van der Waals surface area contributed by atoms with Gasteiger partial charge in [-0.1, -0.05) is 0 Å². The molecule has 4 aromatic rings. The molecule has 0 saturated heterocycles. The molecule has 148 valence electrons. The van der Waals surface area contributed by atoms with E-state index in [1.54, 1.807) is 0 Å². The van der Waals surface area contributed by atoms with Crippen LogP contribution in [0, 0.1) is 13.8 Å². The van der Waals surface area contributed by atoms with Crippen molar-refractivity contribution in [1.29, 1.82) is 0 Å². The van der Waals surface area contributed by atoms with Crippen LogP contribution in [0.3, 0.4) is 0 Å². The maximum atomic E-state index is 4.93. The first-order valence-corrected chi connectivity index (χ1v) is 10.4. The predicted octanol–water partition coefficient (Wildman–Crippen LogP) is 3.43. The zero-order chi connectivity index (χ0) is 19.7. The van der Waals surface area contributed by atoms with Crippen molar-refractivity contribution in [2.45, 2.75) is 64.5 Å². The summed E-state index contributed by atoms with van der Waals surface area (Å²) in [5.74, 6) is 1.80. The third-order valence-electron chi connectivity index (χ3n) is 6.21. The molecule has 0 unspecified atom stereocenters. The van der Waals surface area contributed by atoms with Crippen LogP contribution in [0.1, 0.15) is 66.7 Å². The van der Waals surface area contributed by atoms with Crippen LogP contribution in [0.5, 0.6) is 0 Å². The minimum absolute atomic E-state index is 0.472. The molecule has 29 heavy (non-hydrogen) atoms. The molecule has 2 aliphatic carbocycles. The van der Waals surface area contributed by atoms with Gasteiger partial charge in [-0.3, -0.25) is 9.36 Å². The number of aromatic nitrogens is 8. The van der Waals surface area contributed by atoms with Gasteiger partial charge in [-0.2, -0.15) is 19.8 Å². The predicted molar refractivity (Wildman–Crippen MR) is 108 cm³/mol. The highest BCUT2D eigenvalue weighted by molar-refractivity contribution is 5.60. The average Bonchev–Trinajstić information content (AvgIpc) is 3.60. The molecule has 0 spiro atoms. The zero-order valence-electron chi connectivity index (χ0n) is 16.9. The molecule has 2 fully saturated rings. The fraction of sp³-hybridized carbons (Fsp3) is 0.476. The molecule has 0 radical (unpaired) electrons. The Balaban J connectivity index is 1.33. The highest BCUT2D eigenvalue weighted by Crippen LogP contribution is 2.54. The van der Waals surface area contributed by atoms with Crippen LogP contribution in [-0.2, 0) is 6.54 Å². The number of nitrogens with zero attached hydrogens (tertiary/aromatic N) is 8. The SMILES string of the molecule is CCn1nc([C@H]2C[C@@H]2c2cnn(C3CC3)c2)cc1-c1cc(C)c2nnc(C)n2n1. The van der Waals surface area contributed by atoms with Gasteiger partial charge in [0.25, 0.3) is 0 Å². The number of rotatable bonds is 5. The fourth-order valence-electron chi connectivity index (χ4n) is 4.29. The van der Waals surface area contributed by atoms with Crippen LogP contribution >= 0.6 is 0 Å². The van der Waals surface area contributed by atoms with E-state index >= 15 is 0 Å². The Labute approximate surface area is 168 Å². The van der Waals surface area contributed by atoms with Crippen molar-refractivity contribution in [3.05, 3.63) is 47.2 Å². The van der Waals surface area contributed by atoms with Crippen molar-refractivity contribution in [2.75, 3.05) is 0 Å². The van der Waals surface area contributed by atoms with Gasteiger partial charge in [0.1, 0.15) is 5.69 Å². The maximum Gasteiger partial charge on any atom is 0.180 e. The van der Waals surface area contributed by atoms with Crippen molar-refractivity contribution in [3.8, 4) is 11.4 Å². The van der Waals surface area contributed by atoms with Crippen LogP contribution in [-0.4, -0.2) is 39.4 Å². The van der Waals surface area contributed by atoms with Crippen LogP contribution in [0.4, 0.5) is 0 Å². The molecule has 0 amide bonds. The highest BCUT2D eigenvalue weighted by atomic mass is 15.4. The van der Waals surface area contributed by atoms with Gasteiger partial charge in [-0.05, 0) is 69.2 Å². The van der Waals surface area contributed by atoms with E-state index in [2.05, 4.69) is 56.8 Å². The molecule has 8 heteroatoms. The Morgan fingerprint density at radius 2 is 1.93 bits per heavy atom. The summed E-state index contributed by atoms with van der Waals surface area (Å²) in [7, 11) is 0. The van der Waals surface area contributed by atoms with Gasteiger partial charge in [-0.25, -0.2) is 0 Å². The summed E-state index contributed by atoms with van der Waals surface area (Å²) in [4.78, 5) is 0. The minimum Gasteiger partial charge on any atom is -0.269 e. The smallest absolute Gasteiger partial charge is 0.180 e. The largest absolute Gasteiger partial charge is 0.269 e. The third kappa shape index (κ3) is 2.69. The fourth-order valence-corrected chi connectivity index (χ4v) is 4.29. The Hall–Kier alpha value is -3.03. The second-order valence-corrected chi connectivity index (χ2v) is 8.40. The Kier molecular flexibility index (Phi) is 3.48. The van der Waals surface area contributed by atoms with E-state index in [0.717, 1.165) is 47.1 Å². The lowest BCUT2D eigenvalue weighted by molar-refractivity contribution is 0.640. The van der Waals surface area contributed by atoms with E-state index in [-0.39, 0.29) is 0 Å². The van der Waals surface area contributed by atoms with E-state index < -0.39 is 0 Å². The van der Waals surface area contributed by atoms with Crippen molar-refractivity contribution < 1.29 is 0 Å². The lowest BCUT2D eigenvalue weighted by Gasteiger charge is -2.06. The number of aryl methyl sites for hydroxylation is 3. The topological polar surface area (TPSA) is 78.7 Å². The monoisotopic (exact) mass is 388 g/mol. The van der Waals surface area contributed by atoms with E-state index in [1.165, 1.54) is 18.4 Å². The molecule has 8 nitrogen and oxygen atoms in total. The van der Waals surface area contributed by atoms with Gasteiger partial charge in [-0.15, -0.1) is 10.2 Å². The van der Waals surface area contributed by atoms with Crippen LogP contribution in [0.15, 0.2) is 24.5 Å². The summed E-state index contributed by atoms with van der Waals surface area (Å²) in [6.45, 7) is 6.91. The molecule has 0 aliphatic heterocycles. The van der Waals surface area contributed by atoms with Crippen molar-refractivity contribution in [3.63, 3.8) is 0 Å². The summed E-state index contributed by atoms with van der Waals surface area (Å²) in [5.41, 5.74) is 6.36. The van der Waals surface area contributed by atoms with Gasteiger partial charge >= 0.3 is 0 Å². The minimum atomic E-state index is 0.472. The molecule has 0 N–H and O–H groups in total. The number of hydrogen-bond donors (Lipinski definition) is 0. The maximum absolute atomic E-state index is 4.93. The first-order valence-electron chi connectivity index (χ1n) is 10.4. The normalized spacial score (nSPS) is 21.2. The molecular weight excluding hydrogens is 364 g/mol. The number of hydrogen-bond acceptors (Lipinski definition) is 5. The molecule has 0 bridgehead atoms. The molecule has 4 heterocycles. The summed E-state index contributed by atoms with van der Waals surface area (Å²) in [5, 5.41) is 22.7. The van der Waals surface area contributed by atoms with Crippen molar-refractivity contribution >= 4 is 5.65 Å². The highest BCUT2D eigenvalue weighted by Gasteiger charge is 2.43. The molecule has 2 atom stereocenters. The summed E-state index contributed by atoms with van der Waals surface area (Å²) < 4.78 is 6.03. The first-order chi connectivity index (χ1) is 14.1. The average molecular weight is 388 g/mol. The Morgan fingerprint density at radius 3 is 2.72 bits per heavy atom. The zero-order valence-corrected chi connectivity index (χ0v) is 16.9. The summed E-state index contributed by atoms with van der Waals surface area (Å²) >= 11 is 0. The summed E-state index contributed by atoms with van der Waals surface area (Å²) in [6, 6.07) is 4.94. The van der Waals surface area contributed by atoms with Gasteiger partial charge in [0, 0.05) is 18.7 Å². The molecule has 0 aromatic carbocycles. The van der Waals surface area contributed by atoms with Crippen LogP contribution in [0.2, 0.25) is 0 Å². The van der Waals surface area contributed by atoms with Crippen molar-refractivity contribution in [1.82, 2.24) is 39.4 Å². The third-order valence-corrected chi connectivity index (χ3v) is 6.21. The molecule has 4 aromatic heterocycles. The van der Waals surface area contributed by atoms with E-state index in [9.17, 15) is 0 Å². The van der Waals surface area contributed by atoms with Crippen LogP contribution < -0.4 is 0 Å². The molecule has 6 rings (SSSR count). The summed E-state index contributed by atoms with van der Waals surface area (Å²) in [6.07, 6.45) is 7.97. The van der Waals surface area contributed by atoms with E-state index in [1.807, 2.05) is 17.6 Å². The van der Waals surface area contributed by atoms with Crippen molar-refractivity contribution in [2.24, 2.45) is 0 Å². The second kappa shape index (κ2) is 5.98. The number of fused-ring (bicyclic) bond motifs is 1. The standard InChI is InChI=1S/C21H24N8/c1-4-27-20(19-7-12(2)21-24-23-13(3)29(21)26-19)9-18(25-27)17-8-16(17)14-10-22-28(11-14)15-5-6-15/h7,9-11,15-17H,4-6,8H2,1-3H3/t16-,17+/m1/s1. The molecular formula is C21H24N8. The van der Waals surface area contributed by atoms with Gasteiger partial charge in [0.05, 0.1) is 23.6 Å². The lowest BCUT2D eigenvalue weighted by Crippen LogP contribution is -2.04. The van der Waals surface area contributed by atoms with Crippen LogP contribution in [0.25, 0.3) is 17.0 Å². The lowest BCUT2D eigenvalue weighted by atomic mass is 10.1. The van der Waals surface area contributed by atoms with Gasteiger partial charge in [0.15, 0.2) is 11.5 Å². The van der Waals surface area contributed by atoms with E-state index in [0.29, 0.717) is 17.9 Å². The van der Waals surface area contributed by atoms with Gasteiger partial charge < -0.3 is 0 Å².